The summed E-state index contributed by atoms with van der Waals surface area (Å²) in [7, 11) is 0. The molecule has 3 unspecified atom stereocenters. The second-order valence-electron chi connectivity index (χ2n) is 10.2. The van der Waals surface area contributed by atoms with Gasteiger partial charge in [-0.25, -0.2) is 9.50 Å². The lowest BCUT2D eigenvalue weighted by molar-refractivity contribution is 0.445. The quantitative estimate of drug-likeness (QED) is 0.461. The van der Waals surface area contributed by atoms with Gasteiger partial charge >= 0.3 is 0 Å². The van der Waals surface area contributed by atoms with Crippen molar-refractivity contribution in [2.24, 2.45) is 5.92 Å². The van der Waals surface area contributed by atoms with Gasteiger partial charge in [-0.15, -0.1) is 11.3 Å². The molecule has 5 nitrogen and oxygen atoms in total. The van der Waals surface area contributed by atoms with E-state index < -0.39 is 0 Å². The van der Waals surface area contributed by atoms with E-state index in [-0.39, 0.29) is 0 Å². The molecule has 1 saturated carbocycles. The molecule has 6 heteroatoms. The lowest BCUT2D eigenvalue weighted by atomic mass is 9.89. The van der Waals surface area contributed by atoms with E-state index in [4.69, 9.17) is 0 Å². The molecule has 2 aliphatic carbocycles. The smallest absolute Gasteiger partial charge is 0.158 e. The standard InChI is InChI=1S/C25H29N5S/c1-12(2)20-21-13(3)23(18-8-15-7-14(18)9-26-15)31-25(21)29-22(20)19-10-30-24(27-11-28-30)17-6-4-5-16(17)19/h10-12,14-15,18,26,29H,4-9H2,1-3H3. The van der Waals surface area contributed by atoms with Gasteiger partial charge < -0.3 is 10.3 Å². The largest absolute Gasteiger partial charge is 0.346 e. The average molecular weight is 432 g/mol. The Hall–Kier alpha value is -2.18. The zero-order valence-electron chi connectivity index (χ0n) is 18.5. The van der Waals surface area contributed by atoms with Crippen LogP contribution < -0.4 is 5.32 Å². The van der Waals surface area contributed by atoms with Gasteiger partial charge in [-0.3, -0.25) is 0 Å². The van der Waals surface area contributed by atoms with E-state index in [2.05, 4.69) is 47.4 Å². The summed E-state index contributed by atoms with van der Waals surface area (Å²) in [6.07, 6.45) is 10.0. The molecular weight excluding hydrogens is 402 g/mol. The molecule has 2 fully saturated rings. The molecule has 1 aliphatic heterocycles. The molecular formula is C25H29N5S. The van der Waals surface area contributed by atoms with Gasteiger partial charge in [0, 0.05) is 33.6 Å². The highest BCUT2D eigenvalue weighted by Crippen LogP contribution is 2.51. The fourth-order valence-electron chi connectivity index (χ4n) is 6.81. The van der Waals surface area contributed by atoms with Crippen LogP contribution >= 0.6 is 11.3 Å². The van der Waals surface area contributed by atoms with Crippen LogP contribution in [0.4, 0.5) is 0 Å². The van der Waals surface area contributed by atoms with Gasteiger partial charge in [0.25, 0.3) is 0 Å². The van der Waals surface area contributed by atoms with Crippen LogP contribution in [0.5, 0.6) is 0 Å². The molecule has 1 saturated heterocycles. The van der Waals surface area contributed by atoms with E-state index in [1.807, 2.05) is 15.9 Å². The highest BCUT2D eigenvalue weighted by atomic mass is 32.1. The van der Waals surface area contributed by atoms with E-state index in [9.17, 15) is 0 Å². The van der Waals surface area contributed by atoms with Crippen molar-refractivity contribution >= 4 is 27.2 Å². The minimum absolute atomic E-state index is 0.468. The first-order valence-corrected chi connectivity index (χ1v) is 12.6. The predicted molar refractivity (Wildman–Crippen MR) is 126 cm³/mol. The van der Waals surface area contributed by atoms with Crippen molar-refractivity contribution in [2.75, 3.05) is 6.54 Å². The Morgan fingerprint density at radius 2 is 2.06 bits per heavy atom. The van der Waals surface area contributed by atoms with Gasteiger partial charge in [-0.1, -0.05) is 13.8 Å². The summed E-state index contributed by atoms with van der Waals surface area (Å²) < 4.78 is 1.99. The van der Waals surface area contributed by atoms with Crippen molar-refractivity contribution in [3.63, 3.8) is 0 Å². The number of fused-ring (bicyclic) bond motifs is 6. The van der Waals surface area contributed by atoms with Crippen molar-refractivity contribution in [3.8, 4) is 11.3 Å². The summed E-state index contributed by atoms with van der Waals surface area (Å²) in [5, 5.41) is 9.67. The summed E-state index contributed by atoms with van der Waals surface area (Å²) in [6.45, 7) is 8.27. The van der Waals surface area contributed by atoms with E-state index in [0.29, 0.717) is 5.92 Å². The maximum absolute atomic E-state index is 4.54. The second-order valence-corrected chi connectivity index (χ2v) is 11.2. The Morgan fingerprint density at radius 3 is 2.84 bits per heavy atom. The van der Waals surface area contributed by atoms with Crippen molar-refractivity contribution in [2.45, 2.75) is 70.8 Å². The number of H-pyrrole nitrogens is 1. The lowest BCUT2D eigenvalue weighted by Gasteiger charge is -2.22. The van der Waals surface area contributed by atoms with Gasteiger partial charge in [-0.05, 0) is 80.0 Å². The van der Waals surface area contributed by atoms with Crippen molar-refractivity contribution in [1.82, 2.24) is 24.9 Å². The number of rotatable bonds is 3. The Kier molecular flexibility index (Phi) is 3.81. The molecule has 4 aromatic heterocycles. The highest BCUT2D eigenvalue weighted by Gasteiger charge is 2.42. The fourth-order valence-corrected chi connectivity index (χ4v) is 8.25. The summed E-state index contributed by atoms with van der Waals surface area (Å²) in [5.74, 6) is 2.04. The Balaban J connectivity index is 1.44. The monoisotopic (exact) mass is 431 g/mol. The van der Waals surface area contributed by atoms with Crippen LogP contribution in [-0.2, 0) is 12.8 Å². The molecule has 3 aliphatic rings. The zero-order valence-corrected chi connectivity index (χ0v) is 19.3. The molecule has 7 rings (SSSR count). The molecule has 5 heterocycles. The molecule has 2 bridgehead atoms. The summed E-state index contributed by atoms with van der Waals surface area (Å²) >= 11 is 2.03. The maximum atomic E-state index is 4.54. The first kappa shape index (κ1) is 18.4. The molecule has 0 amide bonds. The van der Waals surface area contributed by atoms with Crippen LogP contribution in [0.2, 0.25) is 0 Å². The molecule has 4 aromatic rings. The van der Waals surface area contributed by atoms with E-state index in [0.717, 1.165) is 36.4 Å². The molecule has 0 spiro atoms. The molecule has 0 radical (unpaired) electrons. The third-order valence-corrected chi connectivity index (χ3v) is 9.48. The van der Waals surface area contributed by atoms with E-state index >= 15 is 0 Å². The van der Waals surface area contributed by atoms with Gasteiger partial charge in [0.15, 0.2) is 5.65 Å². The van der Waals surface area contributed by atoms with Crippen molar-refractivity contribution in [3.05, 3.63) is 39.7 Å². The Labute approximate surface area is 186 Å². The minimum Gasteiger partial charge on any atom is -0.346 e. The van der Waals surface area contributed by atoms with Crippen LogP contribution in [0.1, 0.15) is 72.1 Å². The number of aromatic nitrogens is 4. The van der Waals surface area contributed by atoms with Crippen LogP contribution in [0.25, 0.3) is 27.1 Å². The number of thiophene rings is 1. The average Bonchev–Trinajstić information content (AvgIpc) is 3.56. The number of nitrogens with one attached hydrogen (secondary N) is 2. The lowest BCUT2D eigenvalue weighted by Crippen LogP contribution is -2.28. The topological polar surface area (TPSA) is 58.0 Å². The number of nitrogens with zero attached hydrogens (tertiary/aromatic N) is 3. The maximum Gasteiger partial charge on any atom is 0.158 e. The number of aromatic amines is 1. The molecule has 3 atom stereocenters. The number of aryl methyl sites for hydroxylation is 2. The number of hydrogen-bond acceptors (Lipinski definition) is 4. The highest BCUT2D eigenvalue weighted by molar-refractivity contribution is 7.19. The minimum atomic E-state index is 0.468. The summed E-state index contributed by atoms with van der Waals surface area (Å²) in [4.78, 5) is 11.5. The van der Waals surface area contributed by atoms with Gasteiger partial charge in [-0.2, -0.15) is 5.10 Å². The van der Waals surface area contributed by atoms with Crippen LogP contribution in [-0.4, -0.2) is 32.2 Å². The fraction of sp³-hybridized carbons (Fsp3) is 0.520. The van der Waals surface area contributed by atoms with Gasteiger partial charge in [0.2, 0.25) is 0 Å². The van der Waals surface area contributed by atoms with Crippen LogP contribution in [0.15, 0.2) is 12.5 Å². The van der Waals surface area contributed by atoms with Crippen LogP contribution in [0.3, 0.4) is 0 Å². The molecule has 2 N–H and O–H groups in total. The number of hydrogen-bond donors (Lipinski definition) is 2. The SMILES string of the molecule is Cc1c(C2CC3CC2CN3)sc2[nH]c(-c3cn4ncnc4c4c3CCC4)c(C(C)C)c12. The first-order valence-electron chi connectivity index (χ1n) is 11.8. The van der Waals surface area contributed by atoms with E-state index in [1.165, 1.54) is 69.5 Å². The normalized spacial score (nSPS) is 25.0. The molecule has 0 aromatic carbocycles. The predicted octanol–water partition coefficient (Wildman–Crippen LogP) is 5.33. The van der Waals surface area contributed by atoms with E-state index in [1.54, 1.807) is 11.2 Å². The number of pyridine rings is 1. The summed E-state index contributed by atoms with van der Waals surface area (Å²) in [5.41, 5.74) is 9.59. The first-order chi connectivity index (χ1) is 15.1. The third-order valence-electron chi connectivity index (χ3n) is 8.15. The molecule has 31 heavy (non-hydrogen) atoms. The summed E-state index contributed by atoms with van der Waals surface area (Å²) in [6, 6.07) is 0.743. The van der Waals surface area contributed by atoms with Gasteiger partial charge in [0.1, 0.15) is 11.2 Å². The van der Waals surface area contributed by atoms with Gasteiger partial charge in [0.05, 0.1) is 5.69 Å². The number of piperidine rings is 1. The Morgan fingerprint density at radius 1 is 1.19 bits per heavy atom. The zero-order chi connectivity index (χ0) is 20.9. The van der Waals surface area contributed by atoms with Crippen molar-refractivity contribution in [1.29, 1.82) is 0 Å². The second kappa shape index (κ2) is 6.42. The Bertz CT molecular complexity index is 1340. The third kappa shape index (κ3) is 2.46. The van der Waals surface area contributed by atoms with Crippen molar-refractivity contribution < 1.29 is 0 Å². The van der Waals surface area contributed by atoms with Crippen LogP contribution in [0, 0.1) is 12.8 Å². The molecule has 160 valence electrons.